The molecule has 1 N–H and O–H groups in total. The van der Waals surface area contributed by atoms with Gasteiger partial charge in [-0.1, -0.05) is 13.8 Å². The summed E-state index contributed by atoms with van der Waals surface area (Å²) in [6.07, 6.45) is 2.24. The van der Waals surface area contributed by atoms with Crippen molar-refractivity contribution in [3.05, 3.63) is 42.0 Å². The number of nitriles is 1. The second-order valence-corrected chi connectivity index (χ2v) is 7.43. The summed E-state index contributed by atoms with van der Waals surface area (Å²) in [5.41, 5.74) is 3.41. The predicted octanol–water partition coefficient (Wildman–Crippen LogP) is 5.19. The molecule has 5 heteroatoms. The van der Waals surface area contributed by atoms with Crippen molar-refractivity contribution in [2.45, 2.75) is 39.7 Å². The number of fused-ring (bicyclic) bond motifs is 2. The maximum Gasteiger partial charge on any atom is 0.119 e. The van der Waals surface area contributed by atoms with Gasteiger partial charge in [0.25, 0.3) is 0 Å². The van der Waals surface area contributed by atoms with Crippen molar-refractivity contribution in [2.24, 2.45) is 0 Å². The lowest BCUT2D eigenvalue weighted by molar-refractivity contribution is 0.295. The van der Waals surface area contributed by atoms with Crippen molar-refractivity contribution in [1.82, 2.24) is 9.88 Å². The van der Waals surface area contributed by atoms with E-state index in [-0.39, 0.29) is 0 Å². The van der Waals surface area contributed by atoms with Gasteiger partial charge in [-0.3, -0.25) is 0 Å². The van der Waals surface area contributed by atoms with E-state index >= 15 is 0 Å². The highest BCUT2D eigenvalue weighted by molar-refractivity contribution is 6.08. The topological polar surface area (TPSA) is 61.2 Å². The molecule has 0 spiro atoms. The number of benzene rings is 2. The molecule has 0 aliphatic rings. The Labute approximate surface area is 173 Å². The Hall–Kier alpha value is -2.84. The van der Waals surface area contributed by atoms with Gasteiger partial charge in [0.05, 0.1) is 35.5 Å². The summed E-state index contributed by atoms with van der Waals surface area (Å²) in [6, 6.07) is 14.2. The number of methoxy groups -OCH3 is 1. The van der Waals surface area contributed by atoms with Crippen LogP contribution < -0.4 is 10.1 Å². The summed E-state index contributed by atoms with van der Waals surface area (Å²) in [5.74, 6) is 0.810. The van der Waals surface area contributed by atoms with Crippen LogP contribution in [-0.2, 0) is 0 Å². The molecule has 1 aromatic heterocycles. The minimum absolute atomic E-state index is 0.321. The second-order valence-electron chi connectivity index (χ2n) is 7.43. The fourth-order valence-electron chi connectivity index (χ4n) is 3.75. The average Bonchev–Trinajstić information content (AvgIpc) is 2.75. The van der Waals surface area contributed by atoms with Crippen LogP contribution in [0.4, 0.5) is 5.69 Å². The third kappa shape index (κ3) is 4.78. The van der Waals surface area contributed by atoms with Gasteiger partial charge in [-0.25, -0.2) is 4.98 Å². The lowest BCUT2D eigenvalue weighted by atomic mass is 10.0. The number of nitrogens with zero attached hydrogens (tertiary/aromatic N) is 3. The van der Waals surface area contributed by atoms with Crippen LogP contribution in [0.2, 0.25) is 0 Å². The Bertz CT molecular complexity index is 1020. The molecule has 0 aliphatic carbocycles. The van der Waals surface area contributed by atoms with Gasteiger partial charge < -0.3 is 15.0 Å². The van der Waals surface area contributed by atoms with Crippen molar-refractivity contribution in [1.29, 1.82) is 5.26 Å². The molecule has 2 aromatic carbocycles. The monoisotopic (exact) mass is 390 g/mol. The van der Waals surface area contributed by atoms with E-state index in [1.807, 2.05) is 36.4 Å². The smallest absolute Gasteiger partial charge is 0.119 e. The van der Waals surface area contributed by atoms with E-state index in [1.165, 1.54) is 0 Å². The van der Waals surface area contributed by atoms with Crippen LogP contribution in [0.3, 0.4) is 0 Å². The second kappa shape index (κ2) is 9.58. The van der Waals surface area contributed by atoms with E-state index in [4.69, 9.17) is 9.72 Å². The first-order valence-electron chi connectivity index (χ1n) is 10.4. The van der Waals surface area contributed by atoms with Gasteiger partial charge >= 0.3 is 0 Å². The Kier molecular flexibility index (Phi) is 6.90. The molecule has 1 unspecified atom stereocenters. The van der Waals surface area contributed by atoms with Crippen molar-refractivity contribution in [3.8, 4) is 11.8 Å². The van der Waals surface area contributed by atoms with Crippen LogP contribution >= 0.6 is 0 Å². The zero-order valence-corrected chi connectivity index (χ0v) is 17.8. The van der Waals surface area contributed by atoms with Crippen molar-refractivity contribution >= 4 is 27.5 Å². The summed E-state index contributed by atoms with van der Waals surface area (Å²) in [7, 11) is 1.68. The molecule has 0 saturated heterocycles. The summed E-state index contributed by atoms with van der Waals surface area (Å²) >= 11 is 0. The number of hydrogen-bond acceptors (Lipinski definition) is 5. The standard InChI is InChI=1S/C24H30N4O/c1-5-28(6-2)13-7-8-17(3)26-24-20-11-9-18(16-25)14-23(20)27-22-12-10-19(29-4)15-21(22)24/h9-12,14-15,17H,5-8,13H2,1-4H3,(H,26,27). The van der Waals surface area contributed by atoms with Crippen molar-refractivity contribution in [2.75, 3.05) is 32.1 Å². The van der Waals surface area contributed by atoms with Gasteiger partial charge in [-0.15, -0.1) is 0 Å². The molecule has 3 rings (SSSR count). The first kappa shape index (κ1) is 20.9. The molecular formula is C24H30N4O. The zero-order chi connectivity index (χ0) is 20.8. The molecule has 152 valence electrons. The maximum absolute atomic E-state index is 9.26. The highest BCUT2D eigenvalue weighted by Gasteiger charge is 2.13. The lowest BCUT2D eigenvalue weighted by Gasteiger charge is -2.22. The SMILES string of the molecule is CCN(CC)CCCC(C)Nc1c2ccc(C#N)cc2nc2ccc(OC)cc12. The van der Waals surface area contributed by atoms with Gasteiger partial charge in [0.1, 0.15) is 5.75 Å². The number of anilines is 1. The van der Waals surface area contributed by atoms with Gasteiger partial charge in [-0.05, 0) is 75.8 Å². The largest absolute Gasteiger partial charge is 0.497 e. The number of aromatic nitrogens is 1. The van der Waals surface area contributed by atoms with E-state index in [0.717, 1.165) is 65.7 Å². The van der Waals surface area contributed by atoms with Gasteiger partial charge in [0.15, 0.2) is 0 Å². The number of pyridine rings is 1. The van der Waals surface area contributed by atoms with Crippen LogP contribution in [0.15, 0.2) is 36.4 Å². The quantitative estimate of drug-likeness (QED) is 0.509. The normalized spacial score (nSPS) is 12.3. The summed E-state index contributed by atoms with van der Waals surface area (Å²) in [4.78, 5) is 7.24. The summed E-state index contributed by atoms with van der Waals surface area (Å²) < 4.78 is 5.44. The lowest BCUT2D eigenvalue weighted by Crippen LogP contribution is -2.25. The van der Waals surface area contributed by atoms with E-state index in [9.17, 15) is 5.26 Å². The first-order valence-corrected chi connectivity index (χ1v) is 10.4. The van der Waals surface area contributed by atoms with Crippen LogP contribution in [0, 0.1) is 11.3 Å². The average molecular weight is 391 g/mol. The van der Waals surface area contributed by atoms with Crippen LogP contribution in [-0.4, -0.2) is 42.7 Å². The number of rotatable bonds is 9. The Morgan fingerprint density at radius 1 is 1.10 bits per heavy atom. The van der Waals surface area contributed by atoms with Crippen LogP contribution in [0.1, 0.15) is 39.2 Å². The van der Waals surface area contributed by atoms with Crippen LogP contribution in [0.5, 0.6) is 5.75 Å². The number of nitrogens with one attached hydrogen (secondary N) is 1. The molecule has 0 fully saturated rings. The highest BCUT2D eigenvalue weighted by Crippen LogP contribution is 2.34. The molecule has 0 amide bonds. The van der Waals surface area contributed by atoms with Gasteiger partial charge in [0, 0.05) is 16.8 Å². The van der Waals surface area contributed by atoms with E-state index in [0.29, 0.717) is 11.6 Å². The van der Waals surface area contributed by atoms with Crippen molar-refractivity contribution in [3.63, 3.8) is 0 Å². The molecule has 1 atom stereocenters. The Morgan fingerprint density at radius 3 is 2.59 bits per heavy atom. The minimum atomic E-state index is 0.321. The molecule has 29 heavy (non-hydrogen) atoms. The fourth-order valence-corrected chi connectivity index (χ4v) is 3.75. The van der Waals surface area contributed by atoms with E-state index in [1.54, 1.807) is 7.11 Å². The molecule has 5 nitrogen and oxygen atoms in total. The number of ether oxygens (including phenoxy) is 1. The van der Waals surface area contributed by atoms with Crippen LogP contribution in [0.25, 0.3) is 21.8 Å². The fraction of sp³-hybridized carbons (Fsp3) is 0.417. The van der Waals surface area contributed by atoms with Gasteiger partial charge in [0.2, 0.25) is 0 Å². The number of hydrogen-bond donors (Lipinski definition) is 1. The van der Waals surface area contributed by atoms with E-state index in [2.05, 4.69) is 37.1 Å². The zero-order valence-electron chi connectivity index (χ0n) is 17.8. The minimum Gasteiger partial charge on any atom is -0.497 e. The molecule has 0 bridgehead atoms. The van der Waals surface area contributed by atoms with Crippen molar-refractivity contribution < 1.29 is 4.74 Å². The molecular weight excluding hydrogens is 360 g/mol. The predicted molar refractivity (Wildman–Crippen MR) is 121 cm³/mol. The third-order valence-electron chi connectivity index (χ3n) is 5.51. The van der Waals surface area contributed by atoms with E-state index < -0.39 is 0 Å². The summed E-state index contributed by atoms with van der Waals surface area (Å²) in [5, 5.41) is 15.1. The molecule has 0 aliphatic heterocycles. The highest BCUT2D eigenvalue weighted by atomic mass is 16.5. The summed E-state index contributed by atoms with van der Waals surface area (Å²) in [6.45, 7) is 9.96. The molecule has 0 saturated carbocycles. The molecule has 0 radical (unpaired) electrons. The molecule has 1 heterocycles. The Balaban J connectivity index is 1.95. The third-order valence-corrected chi connectivity index (χ3v) is 5.51. The Morgan fingerprint density at radius 2 is 1.90 bits per heavy atom. The van der Waals surface area contributed by atoms with Gasteiger partial charge in [-0.2, -0.15) is 5.26 Å². The molecule has 3 aromatic rings. The first-order chi connectivity index (χ1) is 14.1. The maximum atomic E-state index is 9.26.